The van der Waals surface area contributed by atoms with E-state index in [-0.39, 0.29) is 5.54 Å². The zero-order chi connectivity index (χ0) is 13.1. The smallest absolute Gasteiger partial charge is 0.0645 e. The molecule has 0 unspecified atom stereocenters. The summed E-state index contributed by atoms with van der Waals surface area (Å²) in [6.07, 6.45) is 8.15. The van der Waals surface area contributed by atoms with Gasteiger partial charge in [-0.15, -0.1) is 0 Å². The molecule has 0 aromatic rings. The molecule has 3 nitrogen and oxygen atoms in total. The number of hydrogen-bond acceptors (Lipinski definition) is 3. The van der Waals surface area contributed by atoms with Crippen LogP contribution >= 0.6 is 0 Å². The van der Waals surface area contributed by atoms with Gasteiger partial charge in [0, 0.05) is 18.6 Å². The van der Waals surface area contributed by atoms with E-state index in [0.717, 1.165) is 26.3 Å². The fraction of sp³-hybridized carbons (Fsp3) is 1.00. The second-order valence-electron chi connectivity index (χ2n) is 6.90. The molecule has 2 N–H and O–H groups in total. The zero-order valence-electron chi connectivity index (χ0n) is 12.2. The lowest BCUT2D eigenvalue weighted by Gasteiger charge is -2.47. The summed E-state index contributed by atoms with van der Waals surface area (Å²) in [5, 5.41) is 0. The molecule has 106 valence electrons. The van der Waals surface area contributed by atoms with E-state index in [1.54, 1.807) is 0 Å². The molecule has 0 aromatic carbocycles. The summed E-state index contributed by atoms with van der Waals surface area (Å²) in [4.78, 5) is 2.62. The lowest BCUT2D eigenvalue weighted by Crippen LogP contribution is -2.57. The fourth-order valence-corrected chi connectivity index (χ4v) is 3.49. The predicted molar refractivity (Wildman–Crippen MR) is 75.7 cm³/mol. The summed E-state index contributed by atoms with van der Waals surface area (Å²) in [5.41, 5.74) is 6.70. The van der Waals surface area contributed by atoms with Crippen molar-refractivity contribution in [1.82, 2.24) is 4.90 Å². The van der Waals surface area contributed by atoms with Gasteiger partial charge in [-0.1, -0.05) is 25.7 Å². The van der Waals surface area contributed by atoms with E-state index >= 15 is 0 Å². The van der Waals surface area contributed by atoms with Crippen LogP contribution in [0.1, 0.15) is 52.4 Å². The van der Waals surface area contributed by atoms with Crippen LogP contribution in [0.4, 0.5) is 0 Å². The zero-order valence-corrected chi connectivity index (χ0v) is 12.2. The summed E-state index contributed by atoms with van der Waals surface area (Å²) in [6.45, 7) is 9.41. The molecule has 1 aliphatic carbocycles. The Bertz CT molecular complexity index is 257. The lowest BCUT2D eigenvalue weighted by atomic mass is 9.79. The number of nitrogens with zero attached hydrogens (tertiary/aromatic N) is 1. The van der Waals surface area contributed by atoms with Crippen molar-refractivity contribution < 1.29 is 4.74 Å². The Morgan fingerprint density at radius 3 is 2.33 bits per heavy atom. The maximum Gasteiger partial charge on any atom is 0.0645 e. The molecule has 0 bridgehead atoms. The molecule has 0 atom stereocenters. The van der Waals surface area contributed by atoms with Crippen molar-refractivity contribution in [2.75, 3.05) is 32.8 Å². The number of hydrogen-bond donors (Lipinski definition) is 1. The predicted octanol–water partition coefficient (Wildman–Crippen LogP) is 2.40. The van der Waals surface area contributed by atoms with E-state index < -0.39 is 0 Å². The number of ether oxygens (including phenoxy) is 1. The Morgan fingerprint density at radius 1 is 1.11 bits per heavy atom. The van der Waals surface area contributed by atoms with Gasteiger partial charge in [0.2, 0.25) is 0 Å². The summed E-state index contributed by atoms with van der Waals surface area (Å²) in [5.74, 6) is 0. The van der Waals surface area contributed by atoms with Gasteiger partial charge in [-0.2, -0.15) is 0 Å². The molecule has 2 rings (SSSR count). The Labute approximate surface area is 112 Å². The molecule has 2 fully saturated rings. The molecule has 1 saturated heterocycles. The van der Waals surface area contributed by atoms with E-state index in [2.05, 4.69) is 18.7 Å². The largest absolute Gasteiger partial charge is 0.378 e. The number of morpholine rings is 1. The highest BCUT2D eigenvalue weighted by Gasteiger charge is 2.38. The highest BCUT2D eigenvalue weighted by molar-refractivity contribution is 4.92. The minimum Gasteiger partial charge on any atom is -0.378 e. The monoisotopic (exact) mass is 254 g/mol. The minimum atomic E-state index is 0.173. The normalized spacial score (nSPS) is 28.8. The first-order valence-corrected chi connectivity index (χ1v) is 7.61. The summed E-state index contributed by atoms with van der Waals surface area (Å²) in [6, 6.07) is 0. The molecule has 0 amide bonds. The van der Waals surface area contributed by atoms with E-state index in [0.29, 0.717) is 5.41 Å². The van der Waals surface area contributed by atoms with Crippen molar-refractivity contribution in [2.45, 2.75) is 57.9 Å². The molecular weight excluding hydrogens is 224 g/mol. The van der Waals surface area contributed by atoms with Crippen LogP contribution in [0, 0.1) is 5.41 Å². The topological polar surface area (TPSA) is 38.5 Å². The number of nitrogens with two attached hydrogens (primary N) is 1. The first kappa shape index (κ1) is 14.3. The fourth-order valence-electron chi connectivity index (χ4n) is 3.49. The van der Waals surface area contributed by atoms with E-state index in [4.69, 9.17) is 10.5 Å². The van der Waals surface area contributed by atoms with E-state index in [1.807, 2.05) is 0 Å². The van der Waals surface area contributed by atoms with Crippen LogP contribution in [0.5, 0.6) is 0 Å². The van der Waals surface area contributed by atoms with Crippen LogP contribution in [0.2, 0.25) is 0 Å². The highest BCUT2D eigenvalue weighted by atomic mass is 16.5. The molecule has 0 aromatic heterocycles. The molecule has 0 spiro atoms. The van der Waals surface area contributed by atoms with Crippen molar-refractivity contribution in [1.29, 1.82) is 0 Å². The average molecular weight is 254 g/mol. The average Bonchev–Trinajstić information content (AvgIpc) is 2.58. The Hall–Kier alpha value is -0.120. The Kier molecular flexibility index (Phi) is 4.68. The van der Waals surface area contributed by atoms with Crippen LogP contribution < -0.4 is 5.73 Å². The van der Waals surface area contributed by atoms with Crippen LogP contribution in [0.15, 0.2) is 0 Å². The maximum absolute atomic E-state index is 6.16. The van der Waals surface area contributed by atoms with Crippen molar-refractivity contribution in [3.63, 3.8) is 0 Å². The van der Waals surface area contributed by atoms with Gasteiger partial charge in [0.1, 0.15) is 0 Å². The van der Waals surface area contributed by atoms with Gasteiger partial charge < -0.3 is 10.5 Å². The van der Waals surface area contributed by atoms with E-state index in [9.17, 15) is 0 Å². The second-order valence-corrected chi connectivity index (χ2v) is 6.90. The summed E-state index contributed by atoms with van der Waals surface area (Å²) in [7, 11) is 0. The van der Waals surface area contributed by atoms with Crippen molar-refractivity contribution >= 4 is 0 Å². The first-order valence-electron chi connectivity index (χ1n) is 7.61. The molecule has 0 radical (unpaired) electrons. The van der Waals surface area contributed by atoms with Crippen LogP contribution in [0.3, 0.4) is 0 Å². The lowest BCUT2D eigenvalue weighted by molar-refractivity contribution is -0.0692. The molecule has 1 heterocycles. The maximum atomic E-state index is 6.16. The summed E-state index contributed by atoms with van der Waals surface area (Å²) >= 11 is 0. The molecule has 18 heavy (non-hydrogen) atoms. The van der Waals surface area contributed by atoms with Gasteiger partial charge in [0.05, 0.1) is 13.2 Å². The third kappa shape index (κ3) is 3.25. The van der Waals surface area contributed by atoms with Gasteiger partial charge in [-0.05, 0) is 38.6 Å². The molecule has 3 heteroatoms. The van der Waals surface area contributed by atoms with Gasteiger partial charge in [-0.25, -0.2) is 0 Å². The van der Waals surface area contributed by atoms with Gasteiger partial charge in [-0.3, -0.25) is 4.90 Å². The Morgan fingerprint density at radius 2 is 1.78 bits per heavy atom. The molecule has 1 saturated carbocycles. The van der Waals surface area contributed by atoms with Crippen molar-refractivity contribution in [3.05, 3.63) is 0 Å². The molecule has 2 aliphatic rings. The standard InChI is InChI=1S/C15H30N2O/c1-14(2)13-18-10-9-17(14)12-15(11-16)7-5-3-4-6-8-15/h3-13,16H2,1-2H3. The van der Waals surface area contributed by atoms with Crippen molar-refractivity contribution in [3.8, 4) is 0 Å². The van der Waals surface area contributed by atoms with Gasteiger partial charge in [0.15, 0.2) is 0 Å². The van der Waals surface area contributed by atoms with Gasteiger partial charge >= 0.3 is 0 Å². The van der Waals surface area contributed by atoms with Crippen LogP contribution in [0.25, 0.3) is 0 Å². The Balaban J connectivity index is 2.03. The van der Waals surface area contributed by atoms with Gasteiger partial charge in [0.25, 0.3) is 0 Å². The second kappa shape index (κ2) is 5.89. The SMILES string of the molecule is CC1(C)COCCN1CC1(CN)CCCCCC1. The third-order valence-corrected chi connectivity index (χ3v) is 4.94. The quantitative estimate of drug-likeness (QED) is 0.786. The molecular formula is C15H30N2O. The number of rotatable bonds is 3. The first-order chi connectivity index (χ1) is 8.58. The third-order valence-electron chi connectivity index (χ3n) is 4.94. The van der Waals surface area contributed by atoms with E-state index in [1.165, 1.54) is 45.1 Å². The molecule has 1 aliphatic heterocycles. The van der Waals surface area contributed by atoms with Crippen molar-refractivity contribution in [2.24, 2.45) is 11.1 Å². The van der Waals surface area contributed by atoms with Crippen LogP contribution in [-0.2, 0) is 4.74 Å². The highest BCUT2D eigenvalue weighted by Crippen LogP contribution is 2.36. The minimum absolute atomic E-state index is 0.173. The summed E-state index contributed by atoms with van der Waals surface area (Å²) < 4.78 is 5.62. The van der Waals surface area contributed by atoms with Crippen LogP contribution in [-0.4, -0.2) is 43.3 Å².